The Labute approximate surface area is 91.6 Å². The van der Waals surface area contributed by atoms with Crippen molar-refractivity contribution in [1.29, 1.82) is 5.26 Å². The zero-order chi connectivity index (χ0) is 10.8. The van der Waals surface area contributed by atoms with Crippen molar-refractivity contribution in [2.24, 2.45) is 0 Å². The lowest BCUT2D eigenvalue weighted by atomic mass is 10.2. The monoisotopic (exact) mass is 222 g/mol. The minimum Gasteiger partial charge on any atom is -0.447 e. The van der Waals surface area contributed by atoms with E-state index in [1.54, 1.807) is 12.1 Å². The number of carbonyl (C=O) groups excluding carboxylic acids is 1. The number of halogens is 1. The first-order valence-electron chi connectivity index (χ1n) is 4.36. The van der Waals surface area contributed by atoms with Gasteiger partial charge in [-0.3, -0.25) is 4.90 Å². The van der Waals surface area contributed by atoms with Crippen LogP contribution in [0.3, 0.4) is 0 Å². The molecule has 1 fully saturated rings. The third kappa shape index (κ3) is 1.74. The summed E-state index contributed by atoms with van der Waals surface area (Å²) in [5.41, 5.74) is 1.05. The number of benzene rings is 1. The van der Waals surface area contributed by atoms with E-state index in [0.29, 0.717) is 29.4 Å². The third-order valence-corrected chi connectivity index (χ3v) is 2.43. The predicted molar refractivity (Wildman–Crippen MR) is 54.9 cm³/mol. The number of carbonyl (C=O) groups is 1. The highest BCUT2D eigenvalue weighted by Crippen LogP contribution is 2.28. The maximum Gasteiger partial charge on any atom is 0.414 e. The summed E-state index contributed by atoms with van der Waals surface area (Å²) in [4.78, 5) is 12.7. The van der Waals surface area contributed by atoms with Crippen LogP contribution in [0.2, 0.25) is 5.02 Å². The number of cyclic esters (lactones) is 1. The number of hydrogen-bond acceptors (Lipinski definition) is 3. The Hall–Kier alpha value is -1.73. The average Bonchev–Trinajstić information content (AvgIpc) is 2.64. The van der Waals surface area contributed by atoms with Gasteiger partial charge in [0.25, 0.3) is 0 Å². The molecule has 0 aliphatic carbocycles. The molecule has 2 rings (SSSR count). The smallest absolute Gasteiger partial charge is 0.414 e. The van der Waals surface area contributed by atoms with Crippen LogP contribution in [0.5, 0.6) is 0 Å². The van der Waals surface area contributed by atoms with Crippen molar-refractivity contribution in [2.75, 3.05) is 18.1 Å². The van der Waals surface area contributed by atoms with Gasteiger partial charge in [0.2, 0.25) is 0 Å². The Morgan fingerprint density at radius 1 is 1.53 bits per heavy atom. The van der Waals surface area contributed by atoms with Gasteiger partial charge in [0.1, 0.15) is 6.61 Å². The molecule has 0 aromatic heterocycles. The third-order valence-electron chi connectivity index (χ3n) is 2.13. The second kappa shape index (κ2) is 3.79. The molecule has 0 atom stereocenters. The molecule has 1 aliphatic heterocycles. The van der Waals surface area contributed by atoms with E-state index in [4.69, 9.17) is 21.6 Å². The van der Waals surface area contributed by atoms with E-state index in [1.807, 2.05) is 6.07 Å². The highest BCUT2D eigenvalue weighted by Gasteiger charge is 2.25. The molecule has 0 spiro atoms. The van der Waals surface area contributed by atoms with Gasteiger partial charge in [-0.25, -0.2) is 4.79 Å². The number of rotatable bonds is 1. The number of nitrogens with zero attached hydrogens (tertiary/aromatic N) is 2. The van der Waals surface area contributed by atoms with Gasteiger partial charge in [-0.05, 0) is 18.2 Å². The predicted octanol–water partition coefficient (Wildman–Crippen LogP) is 2.17. The molecule has 0 N–H and O–H groups in total. The van der Waals surface area contributed by atoms with Crippen molar-refractivity contribution in [3.63, 3.8) is 0 Å². The summed E-state index contributed by atoms with van der Waals surface area (Å²) in [5.74, 6) is 0. The Balaban J connectivity index is 2.37. The molecule has 1 heterocycles. The van der Waals surface area contributed by atoms with Crippen molar-refractivity contribution in [1.82, 2.24) is 0 Å². The summed E-state index contributed by atoms with van der Waals surface area (Å²) in [5, 5.41) is 9.04. The van der Waals surface area contributed by atoms with Crippen LogP contribution in [0.4, 0.5) is 10.5 Å². The average molecular weight is 223 g/mol. The molecule has 1 aromatic carbocycles. The van der Waals surface area contributed by atoms with Crippen LogP contribution in [0.1, 0.15) is 5.56 Å². The first kappa shape index (κ1) is 9.81. The van der Waals surface area contributed by atoms with Gasteiger partial charge in [0, 0.05) is 0 Å². The van der Waals surface area contributed by atoms with Gasteiger partial charge >= 0.3 is 6.09 Å². The van der Waals surface area contributed by atoms with E-state index in [0.717, 1.165) is 0 Å². The SMILES string of the molecule is N#Cc1ccc(N2CCOC2=O)c(Cl)c1. The van der Waals surface area contributed by atoms with Crippen molar-refractivity contribution in [3.05, 3.63) is 28.8 Å². The zero-order valence-electron chi connectivity index (χ0n) is 7.74. The molecular formula is C10H7ClN2O2. The number of ether oxygens (including phenoxy) is 1. The molecule has 15 heavy (non-hydrogen) atoms. The Morgan fingerprint density at radius 3 is 2.87 bits per heavy atom. The summed E-state index contributed by atoms with van der Waals surface area (Å²) >= 11 is 5.95. The zero-order valence-corrected chi connectivity index (χ0v) is 8.49. The molecule has 76 valence electrons. The Kier molecular flexibility index (Phi) is 2.48. The number of amides is 1. The minimum atomic E-state index is -0.401. The fraction of sp³-hybridized carbons (Fsp3) is 0.200. The molecule has 5 heteroatoms. The van der Waals surface area contributed by atoms with Gasteiger partial charge in [0.15, 0.2) is 0 Å². The molecule has 0 bridgehead atoms. The van der Waals surface area contributed by atoms with Crippen molar-refractivity contribution in [2.45, 2.75) is 0 Å². The van der Waals surface area contributed by atoms with Crippen molar-refractivity contribution >= 4 is 23.4 Å². The maximum atomic E-state index is 11.3. The van der Waals surface area contributed by atoms with Crippen LogP contribution in [-0.4, -0.2) is 19.2 Å². The van der Waals surface area contributed by atoms with Gasteiger partial charge in [-0.1, -0.05) is 11.6 Å². The minimum absolute atomic E-state index is 0.370. The molecule has 1 amide bonds. The standard InChI is InChI=1S/C10H7ClN2O2/c11-8-5-7(6-12)1-2-9(8)13-3-4-15-10(13)14/h1-2,5H,3-4H2. The second-order valence-corrected chi connectivity index (χ2v) is 3.45. The fourth-order valence-corrected chi connectivity index (χ4v) is 1.69. The number of nitriles is 1. The lowest BCUT2D eigenvalue weighted by Crippen LogP contribution is -2.23. The summed E-state index contributed by atoms with van der Waals surface area (Å²) in [6, 6.07) is 6.77. The van der Waals surface area contributed by atoms with E-state index in [1.165, 1.54) is 11.0 Å². The van der Waals surface area contributed by atoms with Crippen LogP contribution in [0.25, 0.3) is 0 Å². The maximum absolute atomic E-state index is 11.3. The molecule has 0 saturated carbocycles. The van der Waals surface area contributed by atoms with E-state index < -0.39 is 6.09 Å². The molecule has 1 aliphatic rings. The fourth-order valence-electron chi connectivity index (χ4n) is 1.41. The normalized spacial score (nSPS) is 14.9. The molecule has 0 unspecified atom stereocenters. The van der Waals surface area contributed by atoms with E-state index in [-0.39, 0.29) is 0 Å². The quantitative estimate of drug-likeness (QED) is 0.732. The lowest BCUT2D eigenvalue weighted by molar-refractivity contribution is 0.181. The van der Waals surface area contributed by atoms with Crippen LogP contribution >= 0.6 is 11.6 Å². The molecule has 0 radical (unpaired) electrons. The summed E-state index contributed by atoms with van der Waals surface area (Å²) in [6.07, 6.45) is -0.401. The second-order valence-electron chi connectivity index (χ2n) is 3.04. The lowest BCUT2D eigenvalue weighted by Gasteiger charge is -2.14. The molecular weight excluding hydrogens is 216 g/mol. The van der Waals surface area contributed by atoms with Gasteiger partial charge in [-0.2, -0.15) is 5.26 Å². The largest absolute Gasteiger partial charge is 0.447 e. The van der Waals surface area contributed by atoms with E-state index in [9.17, 15) is 4.79 Å². The van der Waals surface area contributed by atoms with E-state index >= 15 is 0 Å². The highest BCUT2D eigenvalue weighted by atomic mass is 35.5. The van der Waals surface area contributed by atoms with Gasteiger partial charge in [-0.15, -0.1) is 0 Å². The topological polar surface area (TPSA) is 53.3 Å². The van der Waals surface area contributed by atoms with Crippen LogP contribution in [0, 0.1) is 11.3 Å². The first-order valence-corrected chi connectivity index (χ1v) is 4.74. The molecule has 4 nitrogen and oxygen atoms in total. The highest BCUT2D eigenvalue weighted by molar-refractivity contribution is 6.33. The van der Waals surface area contributed by atoms with Gasteiger partial charge < -0.3 is 4.74 Å². The summed E-state index contributed by atoms with van der Waals surface area (Å²) < 4.78 is 4.79. The number of hydrogen-bond donors (Lipinski definition) is 0. The van der Waals surface area contributed by atoms with E-state index in [2.05, 4.69) is 0 Å². The van der Waals surface area contributed by atoms with Crippen LogP contribution in [-0.2, 0) is 4.74 Å². The molecule has 1 saturated heterocycles. The summed E-state index contributed by atoms with van der Waals surface area (Å²) in [7, 11) is 0. The Bertz CT molecular complexity index is 453. The van der Waals surface area contributed by atoms with Crippen molar-refractivity contribution < 1.29 is 9.53 Å². The Morgan fingerprint density at radius 2 is 2.33 bits per heavy atom. The van der Waals surface area contributed by atoms with Crippen LogP contribution in [0.15, 0.2) is 18.2 Å². The first-order chi connectivity index (χ1) is 7.22. The number of anilines is 1. The van der Waals surface area contributed by atoms with Gasteiger partial charge in [0.05, 0.1) is 28.9 Å². The molecule has 1 aromatic rings. The van der Waals surface area contributed by atoms with Crippen LogP contribution < -0.4 is 4.90 Å². The summed E-state index contributed by atoms with van der Waals surface area (Å²) in [6.45, 7) is 0.861. The van der Waals surface area contributed by atoms with Crippen molar-refractivity contribution in [3.8, 4) is 6.07 Å².